The second-order valence-corrected chi connectivity index (χ2v) is 8.11. The van der Waals surface area contributed by atoms with Crippen LogP contribution < -0.4 is 16.6 Å². The van der Waals surface area contributed by atoms with Gasteiger partial charge < -0.3 is 9.73 Å². The van der Waals surface area contributed by atoms with Crippen LogP contribution >= 0.6 is 11.3 Å². The predicted octanol–water partition coefficient (Wildman–Crippen LogP) is 2.60. The van der Waals surface area contributed by atoms with E-state index >= 15 is 0 Å². The van der Waals surface area contributed by atoms with E-state index in [-0.39, 0.29) is 23.6 Å². The summed E-state index contributed by atoms with van der Waals surface area (Å²) >= 11 is 1.22. The fourth-order valence-electron chi connectivity index (χ4n) is 3.44. The Morgan fingerprint density at radius 3 is 2.84 bits per heavy atom. The molecule has 9 nitrogen and oxygen atoms in total. The Labute approximate surface area is 182 Å². The zero-order valence-corrected chi connectivity index (χ0v) is 17.6. The van der Waals surface area contributed by atoms with Crippen molar-refractivity contribution in [2.24, 2.45) is 0 Å². The minimum atomic E-state index is -0.568. The first kappa shape index (κ1) is 19.9. The first-order valence-electron chi connectivity index (χ1n) is 9.60. The van der Waals surface area contributed by atoms with Crippen LogP contribution in [0, 0.1) is 12.7 Å². The number of aromatic nitrogens is 4. The van der Waals surface area contributed by atoms with E-state index in [9.17, 15) is 18.8 Å². The maximum atomic E-state index is 13.8. The van der Waals surface area contributed by atoms with Gasteiger partial charge in [-0.15, -0.1) is 16.4 Å². The lowest BCUT2D eigenvalue weighted by molar-refractivity contribution is -0.117. The number of anilines is 1. The normalized spacial score (nSPS) is 11.4. The molecule has 5 aromatic rings. The zero-order valence-electron chi connectivity index (χ0n) is 16.7. The topological polar surface area (TPSA) is 104 Å². The van der Waals surface area contributed by atoms with E-state index in [0.29, 0.717) is 21.5 Å². The van der Waals surface area contributed by atoms with Crippen molar-refractivity contribution in [2.45, 2.75) is 20.0 Å². The minimum absolute atomic E-state index is 0.0778. The Balaban J connectivity index is 1.56. The van der Waals surface area contributed by atoms with Crippen molar-refractivity contribution in [2.75, 3.05) is 5.32 Å². The molecule has 0 spiro atoms. The highest BCUT2D eigenvalue weighted by Crippen LogP contribution is 2.18. The first-order valence-corrected chi connectivity index (χ1v) is 10.5. The van der Waals surface area contributed by atoms with E-state index in [1.807, 2.05) is 0 Å². The lowest BCUT2D eigenvalue weighted by Crippen LogP contribution is -2.29. The molecule has 0 bridgehead atoms. The van der Waals surface area contributed by atoms with Gasteiger partial charge in [0.25, 0.3) is 5.56 Å². The number of nitrogens with one attached hydrogen (secondary N) is 1. The standard InChI is InChI=1S/C21H16FN5O4S/c1-12-4-5-13(9-15(12)22)23-17(28)11-26-21(30)27-16-6-8-32-18(16)19(29)25(20(27)24-26)10-14-3-2-7-31-14/h2-9H,10-11H2,1H3,(H,23,28). The summed E-state index contributed by atoms with van der Waals surface area (Å²) in [6.45, 7) is 1.29. The fraction of sp³-hybridized carbons (Fsp3) is 0.143. The number of fused-ring (bicyclic) bond motifs is 3. The lowest BCUT2D eigenvalue weighted by atomic mass is 10.2. The summed E-state index contributed by atoms with van der Waals surface area (Å²) in [6, 6.07) is 9.39. The Morgan fingerprint density at radius 2 is 2.09 bits per heavy atom. The molecule has 4 heterocycles. The average Bonchev–Trinajstić information content (AvgIpc) is 3.49. The van der Waals surface area contributed by atoms with E-state index in [4.69, 9.17) is 4.42 Å². The number of aryl methyl sites for hydroxylation is 1. The van der Waals surface area contributed by atoms with Crippen LogP contribution in [0.1, 0.15) is 11.3 Å². The number of hydrogen-bond acceptors (Lipinski definition) is 6. The van der Waals surface area contributed by atoms with Crippen molar-refractivity contribution in [1.29, 1.82) is 0 Å². The molecule has 0 aliphatic heterocycles. The molecule has 11 heteroatoms. The highest BCUT2D eigenvalue weighted by molar-refractivity contribution is 7.17. The molecular weight excluding hydrogens is 437 g/mol. The van der Waals surface area contributed by atoms with Crippen LogP contribution in [0.3, 0.4) is 0 Å². The van der Waals surface area contributed by atoms with Gasteiger partial charge in [0.1, 0.15) is 22.8 Å². The van der Waals surface area contributed by atoms with E-state index in [0.717, 1.165) is 4.68 Å². The van der Waals surface area contributed by atoms with Gasteiger partial charge in [0, 0.05) is 5.69 Å². The minimum Gasteiger partial charge on any atom is -0.467 e. The molecule has 0 fully saturated rings. The summed E-state index contributed by atoms with van der Waals surface area (Å²) in [5.74, 6) is -0.391. The summed E-state index contributed by atoms with van der Waals surface area (Å²) in [5.41, 5.74) is 0.263. The second-order valence-electron chi connectivity index (χ2n) is 7.19. The van der Waals surface area contributed by atoms with Crippen molar-refractivity contribution in [3.63, 3.8) is 0 Å². The van der Waals surface area contributed by atoms with E-state index in [1.165, 1.54) is 32.6 Å². The van der Waals surface area contributed by atoms with Crippen LogP contribution in [0.4, 0.5) is 10.1 Å². The third-order valence-electron chi connectivity index (χ3n) is 5.03. The molecule has 0 aliphatic carbocycles. The van der Waals surface area contributed by atoms with Crippen LogP contribution in [-0.2, 0) is 17.9 Å². The number of rotatable bonds is 5. The molecule has 0 radical (unpaired) electrons. The molecule has 0 saturated heterocycles. The van der Waals surface area contributed by atoms with Crippen LogP contribution in [0.15, 0.2) is 62.0 Å². The predicted molar refractivity (Wildman–Crippen MR) is 117 cm³/mol. The molecular formula is C21H16FN5O4S. The van der Waals surface area contributed by atoms with Crippen molar-refractivity contribution >= 4 is 38.9 Å². The molecule has 4 aromatic heterocycles. The van der Waals surface area contributed by atoms with Crippen LogP contribution in [0.5, 0.6) is 0 Å². The smallest absolute Gasteiger partial charge is 0.352 e. The number of hydrogen-bond donors (Lipinski definition) is 1. The molecule has 0 aliphatic rings. The molecule has 0 unspecified atom stereocenters. The van der Waals surface area contributed by atoms with Crippen molar-refractivity contribution in [1.82, 2.24) is 18.7 Å². The van der Waals surface area contributed by atoms with Gasteiger partial charge in [-0.2, -0.15) is 0 Å². The maximum absolute atomic E-state index is 13.8. The summed E-state index contributed by atoms with van der Waals surface area (Å²) in [5, 5.41) is 8.52. The number of carbonyl (C=O) groups excluding carboxylic acids is 1. The summed E-state index contributed by atoms with van der Waals surface area (Å²) in [4.78, 5) is 38.6. The summed E-state index contributed by atoms with van der Waals surface area (Å²) in [7, 11) is 0. The van der Waals surface area contributed by atoms with Gasteiger partial charge in [-0.3, -0.25) is 14.2 Å². The van der Waals surface area contributed by atoms with Crippen LogP contribution in [0.2, 0.25) is 0 Å². The number of furan rings is 1. The second kappa shape index (κ2) is 7.61. The van der Waals surface area contributed by atoms with Gasteiger partial charge in [0.05, 0.1) is 18.3 Å². The monoisotopic (exact) mass is 453 g/mol. The summed E-state index contributed by atoms with van der Waals surface area (Å²) in [6.07, 6.45) is 1.49. The number of nitrogens with zero attached hydrogens (tertiary/aromatic N) is 4. The molecule has 162 valence electrons. The quantitative estimate of drug-likeness (QED) is 0.441. The number of benzene rings is 1. The molecule has 1 amide bonds. The number of carbonyl (C=O) groups is 1. The highest BCUT2D eigenvalue weighted by Gasteiger charge is 2.20. The SMILES string of the molecule is Cc1ccc(NC(=O)Cn2nc3n(Cc4ccco4)c(=O)c4sccc4n3c2=O)cc1F. The third-order valence-corrected chi connectivity index (χ3v) is 5.92. The van der Waals surface area contributed by atoms with Crippen molar-refractivity contribution < 1.29 is 13.6 Å². The van der Waals surface area contributed by atoms with E-state index in [1.54, 1.807) is 42.6 Å². The van der Waals surface area contributed by atoms with Crippen molar-refractivity contribution in [3.8, 4) is 0 Å². The van der Waals surface area contributed by atoms with E-state index in [2.05, 4.69) is 10.4 Å². The largest absolute Gasteiger partial charge is 0.467 e. The van der Waals surface area contributed by atoms with Crippen molar-refractivity contribution in [3.05, 3.63) is 86.0 Å². The molecule has 32 heavy (non-hydrogen) atoms. The molecule has 0 saturated carbocycles. The molecule has 1 N–H and O–H groups in total. The van der Waals surface area contributed by atoms with Crippen LogP contribution in [-0.4, -0.2) is 24.7 Å². The molecule has 5 rings (SSSR count). The summed E-state index contributed by atoms with van der Waals surface area (Å²) < 4.78 is 23.1. The van der Waals surface area contributed by atoms with Gasteiger partial charge in [-0.05, 0) is 48.2 Å². The van der Waals surface area contributed by atoms with Gasteiger partial charge in [0.15, 0.2) is 0 Å². The first-order chi connectivity index (χ1) is 15.4. The zero-order chi connectivity index (χ0) is 22.4. The molecule has 1 aromatic carbocycles. The Morgan fingerprint density at radius 1 is 1.25 bits per heavy atom. The third kappa shape index (κ3) is 3.32. The average molecular weight is 453 g/mol. The van der Waals surface area contributed by atoms with Gasteiger partial charge in [0.2, 0.25) is 11.7 Å². The Kier molecular flexibility index (Phi) is 4.74. The maximum Gasteiger partial charge on any atom is 0.352 e. The van der Waals surface area contributed by atoms with Gasteiger partial charge in [-0.1, -0.05) is 6.07 Å². The number of amides is 1. The lowest BCUT2D eigenvalue weighted by Gasteiger charge is -2.06. The van der Waals surface area contributed by atoms with Gasteiger partial charge >= 0.3 is 5.69 Å². The Hall–Kier alpha value is -3.99. The Bertz CT molecular complexity index is 1590. The van der Waals surface area contributed by atoms with E-state index < -0.39 is 24.0 Å². The fourth-order valence-corrected chi connectivity index (χ4v) is 4.27. The van der Waals surface area contributed by atoms with Crippen LogP contribution in [0.25, 0.3) is 16.0 Å². The number of thiophene rings is 1. The highest BCUT2D eigenvalue weighted by atomic mass is 32.1. The number of halogens is 1. The molecule has 0 atom stereocenters. The van der Waals surface area contributed by atoms with Gasteiger partial charge in [-0.25, -0.2) is 18.3 Å².